The molecule has 3 aromatic rings. The quantitative estimate of drug-likeness (QED) is 0.129. The average Bonchev–Trinajstić information content (AvgIpc) is 2.98. The topological polar surface area (TPSA) is 158 Å². The summed E-state index contributed by atoms with van der Waals surface area (Å²) < 4.78 is 10.3. The van der Waals surface area contributed by atoms with Crippen molar-refractivity contribution in [2.45, 2.75) is 32.2 Å². The fourth-order valence-corrected chi connectivity index (χ4v) is 4.27. The molecule has 0 fully saturated rings. The standard InChI is InChI=1S/C32H37N4O6.Na.H2O/c1-23-7-4-5-8-28(23)35-32(40)33-26-13-9-24(10-14-26)21-31(39)36(18-6-20-41-2)22-30(38)34-29(17-19-37)25-11-15-27(42-3)16-12-25;;/h4-5,7-16,29H,6,17-18,20-22H2,1-3H3,(H,34,38)(H2,33,35,40);;1H2/q-1;+1;/t29-;;/m0../s1. The minimum atomic E-state index is -0.583. The maximum absolute atomic E-state index is 13.2. The van der Waals surface area contributed by atoms with E-state index < -0.39 is 11.9 Å². The number of para-hydroxylation sites is 1. The average molecular weight is 615 g/mol. The van der Waals surface area contributed by atoms with Crippen molar-refractivity contribution in [1.29, 1.82) is 0 Å². The molecule has 0 radical (unpaired) electrons. The van der Waals surface area contributed by atoms with Crippen molar-refractivity contribution in [2.24, 2.45) is 0 Å². The maximum Gasteiger partial charge on any atom is 1.00 e. The normalized spacial score (nSPS) is 10.7. The molecule has 3 rings (SSSR count). The van der Waals surface area contributed by atoms with Gasteiger partial charge in [-0.15, -0.1) is 6.42 Å². The van der Waals surface area contributed by atoms with Crippen LogP contribution in [0.1, 0.15) is 35.6 Å². The number of rotatable bonds is 15. The molecule has 4 amide bonds. The first-order valence-corrected chi connectivity index (χ1v) is 13.6. The molecule has 0 aliphatic carbocycles. The molecule has 44 heavy (non-hydrogen) atoms. The molecule has 0 bridgehead atoms. The van der Waals surface area contributed by atoms with Crippen LogP contribution >= 0.6 is 0 Å². The Morgan fingerprint density at radius 1 is 0.932 bits per heavy atom. The molecule has 0 aliphatic heterocycles. The molecule has 0 saturated heterocycles. The van der Waals surface area contributed by atoms with Crippen LogP contribution < -0.4 is 50.2 Å². The van der Waals surface area contributed by atoms with Crippen LogP contribution in [0.25, 0.3) is 0 Å². The number of anilines is 2. The van der Waals surface area contributed by atoms with Crippen LogP contribution in [0, 0.1) is 6.92 Å². The molecule has 12 heteroatoms. The number of urea groups is 1. The van der Waals surface area contributed by atoms with Crippen molar-refractivity contribution in [1.82, 2.24) is 10.2 Å². The summed E-state index contributed by atoms with van der Waals surface area (Å²) in [5.74, 6) is 0.0291. The predicted octanol–water partition coefficient (Wildman–Crippen LogP) is 0.592. The van der Waals surface area contributed by atoms with E-state index in [9.17, 15) is 19.2 Å². The zero-order valence-corrected chi connectivity index (χ0v) is 27.6. The molecule has 11 nitrogen and oxygen atoms in total. The van der Waals surface area contributed by atoms with Crippen LogP contribution in [0.15, 0.2) is 72.8 Å². The predicted molar refractivity (Wildman–Crippen MR) is 165 cm³/mol. The molecule has 0 aliphatic rings. The molecular formula is C32H39N4NaO7. The molecule has 0 heterocycles. The molecule has 1 atom stereocenters. The third-order valence-electron chi connectivity index (χ3n) is 6.56. The van der Waals surface area contributed by atoms with Gasteiger partial charge in [-0.1, -0.05) is 42.5 Å². The van der Waals surface area contributed by atoms with E-state index in [-0.39, 0.29) is 66.4 Å². The number of hydrogen-bond acceptors (Lipinski definition) is 6. The Kier molecular flexibility index (Phi) is 17.6. The maximum atomic E-state index is 13.2. The number of aryl methyl sites for hydroxylation is 1. The van der Waals surface area contributed by atoms with E-state index in [1.807, 2.05) is 37.5 Å². The van der Waals surface area contributed by atoms with Gasteiger partial charge in [0, 0.05) is 37.7 Å². The van der Waals surface area contributed by atoms with Crippen molar-refractivity contribution in [2.75, 3.05) is 44.5 Å². The van der Waals surface area contributed by atoms with Crippen LogP contribution in [0.3, 0.4) is 0 Å². The van der Waals surface area contributed by atoms with Gasteiger partial charge < -0.3 is 40.6 Å². The van der Waals surface area contributed by atoms with E-state index in [0.717, 1.165) is 22.4 Å². The van der Waals surface area contributed by atoms with Gasteiger partial charge in [0.05, 0.1) is 20.1 Å². The van der Waals surface area contributed by atoms with Gasteiger partial charge in [0.2, 0.25) is 11.8 Å². The van der Waals surface area contributed by atoms with Crippen molar-refractivity contribution >= 4 is 35.5 Å². The first-order chi connectivity index (χ1) is 20.3. The minimum Gasteiger partial charge on any atom is -0.542 e. The number of carbonyl (C=O) groups excluding carboxylic acids is 4. The number of nitrogens with zero attached hydrogens (tertiary/aromatic N) is 1. The fraction of sp³-hybridized carbons (Fsp3) is 0.312. The summed E-state index contributed by atoms with van der Waals surface area (Å²) in [4.78, 5) is 51.3. The Hall–Kier alpha value is -3.74. The van der Waals surface area contributed by atoms with Gasteiger partial charge in [-0.05, 0) is 60.4 Å². The van der Waals surface area contributed by atoms with Crippen molar-refractivity contribution < 1.29 is 63.7 Å². The molecule has 0 spiro atoms. The number of benzene rings is 3. The third kappa shape index (κ3) is 12.5. The number of hydrogen-bond donors (Lipinski definition) is 3. The van der Waals surface area contributed by atoms with Crippen LogP contribution in [0.2, 0.25) is 0 Å². The van der Waals surface area contributed by atoms with E-state index in [1.165, 1.54) is 4.90 Å². The first kappa shape index (κ1) is 38.3. The Labute approximate surface area is 280 Å². The molecule has 0 unspecified atom stereocenters. The number of amides is 4. The molecule has 0 saturated carbocycles. The smallest absolute Gasteiger partial charge is 0.542 e. The summed E-state index contributed by atoms with van der Waals surface area (Å²) in [6.07, 6.45) is 2.45. The molecule has 230 valence electrons. The van der Waals surface area contributed by atoms with Gasteiger partial charge in [-0.3, -0.25) is 15.9 Å². The second kappa shape index (κ2) is 20.3. The van der Waals surface area contributed by atoms with E-state index in [1.54, 1.807) is 62.8 Å². The number of carbonyl (C=O) groups is 3. The second-order valence-corrected chi connectivity index (χ2v) is 9.67. The van der Waals surface area contributed by atoms with Gasteiger partial charge in [-0.2, -0.15) is 0 Å². The minimum absolute atomic E-state index is 0. The van der Waals surface area contributed by atoms with Gasteiger partial charge >= 0.3 is 35.6 Å². The van der Waals surface area contributed by atoms with Crippen molar-refractivity contribution in [3.63, 3.8) is 0 Å². The number of methoxy groups -OCH3 is 2. The second-order valence-electron chi connectivity index (χ2n) is 9.67. The summed E-state index contributed by atoms with van der Waals surface area (Å²) in [5, 5.41) is 8.44. The summed E-state index contributed by atoms with van der Waals surface area (Å²) >= 11 is 0. The van der Waals surface area contributed by atoms with Gasteiger partial charge in [0.15, 0.2) is 0 Å². The van der Waals surface area contributed by atoms with E-state index in [4.69, 9.17) is 9.47 Å². The molecule has 5 N–H and O–H groups in total. The summed E-state index contributed by atoms with van der Waals surface area (Å²) in [7, 11) is 3.13. The Bertz CT molecular complexity index is 1340. The zero-order valence-electron chi connectivity index (χ0n) is 25.6. The summed E-state index contributed by atoms with van der Waals surface area (Å²) in [5.41, 5.74) is 3.70. The van der Waals surface area contributed by atoms with Crippen LogP contribution in [-0.4, -0.2) is 68.4 Å². The SMILES string of the molecule is COCCCN(CC(=O)N[C@@H](C[C-]=O)c1ccc(OC)cc1)C(=O)Cc1ccc(NC(=O)Nc2ccccc2C)cc1.O.[Na+]. The van der Waals surface area contributed by atoms with Crippen LogP contribution in [0.5, 0.6) is 5.75 Å². The Balaban J connectivity index is 0.00000484. The van der Waals surface area contributed by atoms with Crippen LogP contribution in [-0.2, 0) is 25.5 Å². The zero-order chi connectivity index (χ0) is 30.3. The largest absolute Gasteiger partial charge is 1.00 e. The van der Waals surface area contributed by atoms with Crippen LogP contribution in [0.4, 0.5) is 16.2 Å². The van der Waals surface area contributed by atoms with Crippen molar-refractivity contribution in [3.05, 3.63) is 89.5 Å². The van der Waals surface area contributed by atoms with E-state index in [2.05, 4.69) is 16.0 Å². The molecular weight excluding hydrogens is 575 g/mol. The third-order valence-corrected chi connectivity index (χ3v) is 6.56. The summed E-state index contributed by atoms with van der Waals surface area (Å²) in [6, 6.07) is 20.5. The molecule has 3 aromatic carbocycles. The fourth-order valence-electron chi connectivity index (χ4n) is 4.27. The van der Waals surface area contributed by atoms with E-state index in [0.29, 0.717) is 31.0 Å². The van der Waals surface area contributed by atoms with Gasteiger partial charge in [-0.25, -0.2) is 4.79 Å². The first-order valence-electron chi connectivity index (χ1n) is 13.6. The Morgan fingerprint density at radius 3 is 2.23 bits per heavy atom. The number of ether oxygens (including phenoxy) is 2. The number of nitrogens with one attached hydrogen (secondary N) is 3. The van der Waals surface area contributed by atoms with Gasteiger partial charge in [0.1, 0.15) is 5.75 Å². The summed E-state index contributed by atoms with van der Waals surface area (Å²) in [6.45, 7) is 2.50. The molecule has 0 aromatic heterocycles. The van der Waals surface area contributed by atoms with Crippen molar-refractivity contribution in [3.8, 4) is 5.75 Å². The van der Waals surface area contributed by atoms with Gasteiger partial charge in [0.25, 0.3) is 0 Å². The Morgan fingerprint density at radius 2 is 1.61 bits per heavy atom. The monoisotopic (exact) mass is 614 g/mol. The van der Waals surface area contributed by atoms with E-state index >= 15 is 0 Å².